The van der Waals surface area contributed by atoms with Crippen LogP contribution in [0.15, 0.2) is 33.8 Å². The van der Waals surface area contributed by atoms with Crippen molar-refractivity contribution in [3.8, 4) is 0 Å². The maximum atomic E-state index is 10.0. The van der Waals surface area contributed by atoms with Gasteiger partial charge in [0.15, 0.2) is 0 Å². The van der Waals surface area contributed by atoms with Gasteiger partial charge in [0.2, 0.25) is 12.2 Å². The molecule has 1 aliphatic rings. The summed E-state index contributed by atoms with van der Waals surface area (Å²) >= 11 is 12.0. The number of nitrogens with zero attached hydrogens (tertiary/aromatic N) is 2. The Kier molecular flexibility index (Phi) is 4.66. The Morgan fingerprint density at radius 3 is 2.62 bits per heavy atom. The molecule has 0 fully saturated rings. The lowest BCUT2D eigenvalue weighted by atomic mass is 9.95. The van der Waals surface area contributed by atoms with Crippen molar-refractivity contribution in [1.29, 1.82) is 0 Å². The van der Waals surface area contributed by atoms with Crippen LogP contribution in [0.25, 0.3) is 0 Å². The van der Waals surface area contributed by atoms with Crippen LogP contribution in [0.5, 0.6) is 0 Å². The van der Waals surface area contributed by atoms with E-state index >= 15 is 0 Å². The van der Waals surface area contributed by atoms with Crippen LogP contribution in [0.1, 0.15) is 0 Å². The van der Waals surface area contributed by atoms with Crippen LogP contribution in [0.4, 0.5) is 0 Å². The van der Waals surface area contributed by atoms with Gasteiger partial charge in [-0.3, -0.25) is 0 Å². The molecule has 1 unspecified atom stereocenters. The van der Waals surface area contributed by atoms with Crippen molar-refractivity contribution in [2.24, 2.45) is 15.9 Å². The van der Waals surface area contributed by atoms with E-state index in [1.54, 1.807) is 18.2 Å². The van der Waals surface area contributed by atoms with Crippen LogP contribution < -0.4 is 0 Å². The molecule has 1 aliphatic carbocycles. The van der Waals surface area contributed by atoms with Gasteiger partial charge in [-0.05, 0) is 11.6 Å². The van der Waals surface area contributed by atoms with Gasteiger partial charge in [-0.25, -0.2) is 19.6 Å². The number of hydrogen-bond donors (Lipinski definition) is 0. The second kappa shape index (κ2) is 5.78. The van der Waals surface area contributed by atoms with Gasteiger partial charge < -0.3 is 0 Å². The Morgan fingerprint density at radius 1 is 1.31 bits per heavy atom. The van der Waals surface area contributed by atoms with Crippen molar-refractivity contribution in [2.45, 2.75) is 4.33 Å². The van der Waals surface area contributed by atoms with Crippen LogP contribution in [-0.4, -0.2) is 29.6 Å². The van der Waals surface area contributed by atoms with Crippen LogP contribution in [0, 0.1) is 5.92 Å². The second-order valence-electron chi connectivity index (χ2n) is 3.20. The summed E-state index contributed by atoms with van der Waals surface area (Å²) < 4.78 is -1.10. The third kappa shape index (κ3) is 3.44. The molecular weight excluding hydrogens is 251 g/mol. The minimum absolute atomic E-state index is 0.148. The lowest BCUT2D eigenvalue weighted by molar-refractivity contribution is 0.556. The molecule has 84 valence electrons. The molecule has 4 nitrogen and oxygen atoms in total. The highest BCUT2D eigenvalue weighted by atomic mass is 35.5. The fourth-order valence-corrected chi connectivity index (χ4v) is 1.70. The average molecular weight is 259 g/mol. The first-order chi connectivity index (χ1) is 7.60. The van der Waals surface area contributed by atoms with Crippen molar-refractivity contribution in [3.63, 3.8) is 0 Å². The van der Waals surface area contributed by atoms with E-state index in [-0.39, 0.29) is 19.0 Å². The Balaban J connectivity index is 2.84. The van der Waals surface area contributed by atoms with Crippen molar-refractivity contribution in [2.75, 3.05) is 13.1 Å². The molecule has 0 spiro atoms. The average Bonchev–Trinajstić information content (AvgIpc) is 2.26. The van der Waals surface area contributed by atoms with E-state index in [1.165, 1.54) is 12.2 Å². The minimum atomic E-state index is -1.10. The normalized spacial score (nSPS) is 21.6. The Bertz CT molecular complexity index is 417. The fourth-order valence-electron chi connectivity index (χ4n) is 1.31. The minimum Gasteiger partial charge on any atom is -0.211 e. The van der Waals surface area contributed by atoms with Gasteiger partial charge >= 0.3 is 0 Å². The molecule has 0 amide bonds. The van der Waals surface area contributed by atoms with Crippen molar-refractivity contribution >= 4 is 35.4 Å². The number of halogens is 2. The van der Waals surface area contributed by atoms with Gasteiger partial charge in [0, 0.05) is 5.92 Å². The Morgan fingerprint density at radius 2 is 2.00 bits per heavy atom. The Hall–Kier alpha value is -1.18. The molecule has 0 heterocycles. The first-order valence-corrected chi connectivity index (χ1v) is 5.20. The summed E-state index contributed by atoms with van der Waals surface area (Å²) in [5.41, 5.74) is 0.784. The van der Waals surface area contributed by atoms with Gasteiger partial charge in [0.25, 0.3) is 0 Å². The molecule has 16 heavy (non-hydrogen) atoms. The van der Waals surface area contributed by atoms with Crippen LogP contribution in [0.3, 0.4) is 0 Å². The highest BCUT2D eigenvalue weighted by molar-refractivity contribution is 6.50. The highest BCUT2D eigenvalue weighted by Gasteiger charge is 2.33. The standard InChI is InChI=1S/C10H8Cl2N2O2/c11-10(12)2-1-8(4-13-6-15)3-9(10)5-14-7-16/h1-3,9H,4-5H2. The Labute approximate surface area is 102 Å². The topological polar surface area (TPSA) is 58.9 Å². The molecule has 6 heteroatoms. The molecule has 0 radical (unpaired) electrons. The van der Waals surface area contributed by atoms with E-state index < -0.39 is 4.33 Å². The summed E-state index contributed by atoms with van der Waals surface area (Å²) in [7, 11) is 0. The number of aliphatic imine (C=N–C) groups is 2. The molecule has 0 saturated carbocycles. The molecular formula is C10H8Cl2N2O2. The number of alkyl halides is 2. The zero-order chi connectivity index (χ0) is 12.0. The summed E-state index contributed by atoms with van der Waals surface area (Å²) in [4.78, 5) is 26.9. The maximum Gasteiger partial charge on any atom is 0.235 e. The highest BCUT2D eigenvalue weighted by Crippen LogP contribution is 2.37. The largest absolute Gasteiger partial charge is 0.235 e. The first kappa shape index (κ1) is 12.9. The van der Waals surface area contributed by atoms with E-state index in [1.807, 2.05) is 0 Å². The predicted octanol–water partition coefficient (Wildman–Crippen LogP) is 1.94. The summed E-state index contributed by atoms with van der Waals surface area (Å²) in [6.07, 6.45) is 7.87. The quantitative estimate of drug-likeness (QED) is 0.440. The van der Waals surface area contributed by atoms with E-state index in [0.717, 1.165) is 5.57 Å². The SMILES string of the molecule is O=C=NCC1=CC(CN=C=O)C(Cl)(Cl)C=C1. The first-order valence-electron chi connectivity index (χ1n) is 4.45. The molecule has 0 aromatic carbocycles. The van der Waals surface area contributed by atoms with Gasteiger partial charge in [-0.1, -0.05) is 35.4 Å². The molecule has 1 rings (SSSR count). The zero-order valence-corrected chi connectivity index (χ0v) is 9.70. The van der Waals surface area contributed by atoms with E-state index in [2.05, 4.69) is 9.98 Å². The van der Waals surface area contributed by atoms with Crippen LogP contribution in [0.2, 0.25) is 0 Å². The summed E-state index contributed by atoms with van der Waals surface area (Å²) in [5.74, 6) is -0.334. The summed E-state index contributed by atoms with van der Waals surface area (Å²) in [5, 5.41) is 0. The molecule has 1 atom stereocenters. The molecule has 0 saturated heterocycles. The third-order valence-electron chi connectivity index (χ3n) is 2.11. The molecule has 0 aromatic heterocycles. The van der Waals surface area contributed by atoms with Crippen LogP contribution >= 0.6 is 23.2 Å². The van der Waals surface area contributed by atoms with Gasteiger partial charge in [-0.2, -0.15) is 0 Å². The third-order valence-corrected chi connectivity index (χ3v) is 2.92. The number of hydrogen-bond acceptors (Lipinski definition) is 4. The summed E-state index contributed by atoms with van der Waals surface area (Å²) in [6.45, 7) is 0.361. The number of rotatable bonds is 4. The monoisotopic (exact) mass is 258 g/mol. The number of carbonyl (C=O) groups excluding carboxylic acids is 2. The molecule has 0 aromatic rings. The number of allylic oxidation sites excluding steroid dienone is 1. The molecule has 0 bridgehead atoms. The van der Waals surface area contributed by atoms with Gasteiger partial charge in [0.1, 0.15) is 4.33 Å². The lowest BCUT2D eigenvalue weighted by Gasteiger charge is -2.26. The van der Waals surface area contributed by atoms with Crippen molar-refractivity contribution < 1.29 is 9.59 Å². The number of isocyanates is 2. The van der Waals surface area contributed by atoms with E-state index in [0.29, 0.717) is 0 Å². The zero-order valence-electron chi connectivity index (χ0n) is 8.19. The predicted molar refractivity (Wildman–Crippen MR) is 61.1 cm³/mol. The van der Waals surface area contributed by atoms with E-state index in [4.69, 9.17) is 23.2 Å². The fraction of sp³-hybridized carbons (Fsp3) is 0.400. The van der Waals surface area contributed by atoms with Crippen LogP contribution in [-0.2, 0) is 9.59 Å². The maximum absolute atomic E-state index is 10.0. The smallest absolute Gasteiger partial charge is 0.211 e. The van der Waals surface area contributed by atoms with Crippen molar-refractivity contribution in [3.05, 3.63) is 23.8 Å². The summed E-state index contributed by atoms with van der Waals surface area (Å²) in [6, 6.07) is 0. The second-order valence-corrected chi connectivity index (χ2v) is 4.64. The van der Waals surface area contributed by atoms with Gasteiger partial charge in [-0.15, -0.1) is 0 Å². The lowest BCUT2D eigenvalue weighted by Crippen LogP contribution is -2.27. The van der Waals surface area contributed by atoms with Gasteiger partial charge in [0.05, 0.1) is 13.1 Å². The van der Waals surface area contributed by atoms with E-state index in [9.17, 15) is 9.59 Å². The molecule has 0 N–H and O–H groups in total. The van der Waals surface area contributed by atoms with Crippen molar-refractivity contribution in [1.82, 2.24) is 0 Å². The molecule has 0 aliphatic heterocycles.